The Morgan fingerprint density at radius 3 is 2.27 bits per heavy atom. The van der Waals surface area contributed by atoms with E-state index >= 15 is 0 Å². The fourth-order valence-corrected chi connectivity index (χ4v) is 7.55. The van der Waals surface area contributed by atoms with Gasteiger partial charge in [0, 0.05) is 5.25 Å². The van der Waals surface area contributed by atoms with Gasteiger partial charge in [0.15, 0.2) is 9.84 Å². The Hall–Kier alpha value is -0.150. The molecule has 0 spiro atoms. The van der Waals surface area contributed by atoms with Crippen LogP contribution in [0.2, 0.25) is 0 Å². The number of hydrogen-bond donors (Lipinski definition) is 0. The van der Waals surface area contributed by atoms with Crippen molar-refractivity contribution >= 4 is 28.3 Å². The molecule has 5 heteroatoms. The van der Waals surface area contributed by atoms with Crippen LogP contribution in [0, 0.1) is 23.2 Å². The molecule has 1 aliphatic rings. The smallest absolute Gasteiger partial charge is 0.151 e. The SMILES string of the molecule is CC#CP(C#CC)SC1CCS(=O)(=O)C1. The first-order chi connectivity index (χ1) is 7.07. The van der Waals surface area contributed by atoms with Crippen molar-refractivity contribution in [3.05, 3.63) is 0 Å². The first kappa shape index (κ1) is 12.9. The second-order valence-corrected chi connectivity index (χ2v) is 9.02. The van der Waals surface area contributed by atoms with Crippen molar-refractivity contribution in [1.29, 1.82) is 0 Å². The van der Waals surface area contributed by atoms with Crippen molar-refractivity contribution in [2.45, 2.75) is 25.5 Å². The predicted molar refractivity (Wildman–Crippen MR) is 68.5 cm³/mol. The van der Waals surface area contributed by atoms with Gasteiger partial charge in [-0.1, -0.05) is 11.3 Å². The largest absolute Gasteiger partial charge is 0.229 e. The molecule has 0 saturated carbocycles. The molecule has 1 atom stereocenters. The Labute approximate surface area is 97.0 Å². The molecular formula is C10H13O2PS2. The molecule has 0 aromatic carbocycles. The van der Waals surface area contributed by atoms with Crippen LogP contribution in [0.3, 0.4) is 0 Å². The summed E-state index contributed by atoms with van der Waals surface area (Å²) in [7, 11) is -3.46. The Morgan fingerprint density at radius 2 is 1.87 bits per heavy atom. The van der Waals surface area contributed by atoms with Crippen LogP contribution >= 0.6 is 18.5 Å². The predicted octanol–water partition coefficient (Wildman–Crippen LogP) is 2.27. The quantitative estimate of drug-likeness (QED) is 0.564. The van der Waals surface area contributed by atoms with Crippen molar-refractivity contribution in [3.8, 4) is 23.2 Å². The van der Waals surface area contributed by atoms with Crippen molar-refractivity contribution < 1.29 is 8.42 Å². The lowest BCUT2D eigenvalue weighted by molar-refractivity contribution is 0.602. The van der Waals surface area contributed by atoms with E-state index in [2.05, 4.69) is 23.2 Å². The van der Waals surface area contributed by atoms with Gasteiger partial charge in [0.1, 0.15) is 7.12 Å². The van der Waals surface area contributed by atoms with Crippen LogP contribution < -0.4 is 0 Å². The topological polar surface area (TPSA) is 34.1 Å². The van der Waals surface area contributed by atoms with Crippen LogP contribution in [0.1, 0.15) is 20.3 Å². The molecule has 82 valence electrons. The third-order valence-corrected chi connectivity index (χ3v) is 7.69. The van der Waals surface area contributed by atoms with Gasteiger partial charge in [-0.3, -0.25) is 0 Å². The molecule has 1 unspecified atom stereocenters. The van der Waals surface area contributed by atoms with Crippen molar-refractivity contribution in [2.75, 3.05) is 11.5 Å². The monoisotopic (exact) mass is 260 g/mol. The summed E-state index contributed by atoms with van der Waals surface area (Å²) in [5, 5.41) is 0.197. The van der Waals surface area contributed by atoms with Gasteiger partial charge in [-0.2, -0.15) is 0 Å². The maximum absolute atomic E-state index is 11.3. The van der Waals surface area contributed by atoms with E-state index in [-0.39, 0.29) is 5.25 Å². The van der Waals surface area contributed by atoms with E-state index < -0.39 is 17.0 Å². The zero-order chi connectivity index (χ0) is 11.3. The van der Waals surface area contributed by atoms with Crippen molar-refractivity contribution in [1.82, 2.24) is 0 Å². The molecule has 0 bridgehead atoms. The van der Waals surface area contributed by atoms with E-state index in [1.165, 1.54) is 0 Å². The average Bonchev–Trinajstić information content (AvgIpc) is 2.46. The van der Waals surface area contributed by atoms with Gasteiger partial charge in [0.05, 0.1) is 11.5 Å². The molecule has 0 aliphatic carbocycles. The van der Waals surface area contributed by atoms with Crippen LogP contribution in [0.25, 0.3) is 0 Å². The molecule has 0 aromatic rings. The van der Waals surface area contributed by atoms with Crippen LogP contribution in [0.4, 0.5) is 0 Å². The Kier molecular flexibility index (Phi) is 5.00. The molecule has 0 N–H and O–H groups in total. The molecule has 1 saturated heterocycles. The summed E-state index contributed by atoms with van der Waals surface area (Å²) in [6, 6.07) is 0. The first-order valence-corrected chi connectivity index (χ1v) is 9.24. The van der Waals surface area contributed by atoms with E-state index in [1.807, 2.05) is 0 Å². The molecular weight excluding hydrogens is 247 g/mol. The van der Waals surface area contributed by atoms with Gasteiger partial charge < -0.3 is 0 Å². The highest BCUT2D eigenvalue weighted by molar-refractivity contribution is 8.59. The highest BCUT2D eigenvalue weighted by Gasteiger charge is 2.29. The molecule has 1 fully saturated rings. The minimum atomic E-state index is -2.78. The Morgan fingerprint density at radius 1 is 1.27 bits per heavy atom. The van der Waals surface area contributed by atoms with Gasteiger partial charge in [-0.05, 0) is 20.3 Å². The number of sulfone groups is 1. The number of rotatable bonds is 2. The van der Waals surface area contributed by atoms with E-state index in [1.54, 1.807) is 25.2 Å². The molecule has 15 heavy (non-hydrogen) atoms. The van der Waals surface area contributed by atoms with Gasteiger partial charge in [-0.15, -0.1) is 23.2 Å². The average molecular weight is 260 g/mol. The maximum Gasteiger partial charge on any atom is 0.151 e. The van der Waals surface area contributed by atoms with Gasteiger partial charge >= 0.3 is 0 Å². The highest BCUT2D eigenvalue weighted by Crippen LogP contribution is 2.52. The Bertz CT molecular complexity index is 414. The zero-order valence-electron chi connectivity index (χ0n) is 8.78. The van der Waals surface area contributed by atoms with E-state index in [9.17, 15) is 8.42 Å². The number of hydrogen-bond acceptors (Lipinski definition) is 3. The second kappa shape index (κ2) is 5.80. The summed E-state index contributed by atoms with van der Waals surface area (Å²) in [6.45, 7) is 3.58. The highest BCUT2D eigenvalue weighted by atomic mass is 32.7. The van der Waals surface area contributed by atoms with Gasteiger partial charge in [-0.25, -0.2) is 8.42 Å². The molecule has 0 amide bonds. The summed E-state index contributed by atoms with van der Waals surface area (Å²) >= 11 is 1.64. The third-order valence-electron chi connectivity index (χ3n) is 1.87. The summed E-state index contributed by atoms with van der Waals surface area (Å²) < 4.78 is 22.5. The van der Waals surface area contributed by atoms with E-state index in [4.69, 9.17) is 0 Å². The molecule has 1 rings (SSSR count). The lowest BCUT2D eigenvalue weighted by Crippen LogP contribution is -2.05. The summed E-state index contributed by atoms with van der Waals surface area (Å²) in [4.78, 5) is 0. The first-order valence-electron chi connectivity index (χ1n) is 4.59. The normalized spacial score (nSPS) is 22.7. The standard InChI is InChI=1S/C10H13O2PS2/c1-3-6-13(7-4-2)14-10-5-8-15(11,12)9-10/h10H,5,8-9H2,1-2H3. The summed E-state index contributed by atoms with van der Waals surface area (Å²) in [5.74, 6) is 6.33. The summed E-state index contributed by atoms with van der Waals surface area (Å²) in [6.07, 6.45) is 0.753. The fourth-order valence-electron chi connectivity index (χ4n) is 1.28. The minimum absolute atomic E-state index is 0.197. The molecule has 2 nitrogen and oxygen atoms in total. The minimum Gasteiger partial charge on any atom is -0.229 e. The second-order valence-electron chi connectivity index (χ2n) is 3.15. The van der Waals surface area contributed by atoms with E-state index in [0.717, 1.165) is 6.42 Å². The molecule has 1 heterocycles. The lowest BCUT2D eigenvalue weighted by Gasteiger charge is -2.08. The van der Waals surface area contributed by atoms with Crippen LogP contribution in [0.5, 0.6) is 0 Å². The van der Waals surface area contributed by atoms with E-state index in [0.29, 0.717) is 11.5 Å². The summed E-state index contributed by atoms with van der Waals surface area (Å²) in [5.41, 5.74) is 6.09. The van der Waals surface area contributed by atoms with Crippen molar-refractivity contribution in [2.24, 2.45) is 0 Å². The van der Waals surface area contributed by atoms with Gasteiger partial charge in [0.2, 0.25) is 0 Å². The fraction of sp³-hybridized carbons (Fsp3) is 0.600. The van der Waals surface area contributed by atoms with Gasteiger partial charge in [0.25, 0.3) is 0 Å². The molecule has 0 aromatic heterocycles. The molecule has 0 radical (unpaired) electrons. The maximum atomic E-state index is 11.3. The van der Waals surface area contributed by atoms with Crippen LogP contribution in [0.15, 0.2) is 0 Å². The van der Waals surface area contributed by atoms with Crippen molar-refractivity contribution in [3.63, 3.8) is 0 Å². The molecule has 1 aliphatic heterocycles. The Balaban J connectivity index is 2.58. The van der Waals surface area contributed by atoms with Crippen LogP contribution in [-0.4, -0.2) is 25.2 Å². The lowest BCUT2D eigenvalue weighted by atomic mass is 10.4. The third kappa shape index (κ3) is 4.47. The zero-order valence-corrected chi connectivity index (χ0v) is 11.3. The van der Waals surface area contributed by atoms with Crippen LogP contribution in [-0.2, 0) is 9.84 Å².